The number of hydrogen-bond donors (Lipinski definition) is 1. The second-order valence-electron chi connectivity index (χ2n) is 5.02. The van der Waals surface area contributed by atoms with E-state index in [2.05, 4.69) is 50.2 Å². The van der Waals surface area contributed by atoms with Gasteiger partial charge in [0.2, 0.25) is 0 Å². The molecule has 0 aromatic carbocycles. The third-order valence-corrected chi connectivity index (χ3v) is 3.88. The van der Waals surface area contributed by atoms with E-state index in [-0.39, 0.29) is 0 Å². The maximum Gasteiger partial charge on any atom is 0.185 e. The third-order valence-electron chi connectivity index (χ3n) is 2.99. The van der Waals surface area contributed by atoms with Gasteiger partial charge in [0.05, 0.1) is 5.69 Å². The fourth-order valence-corrected chi connectivity index (χ4v) is 2.97. The van der Waals surface area contributed by atoms with Crippen molar-refractivity contribution in [3.8, 4) is 0 Å². The lowest BCUT2D eigenvalue weighted by Crippen LogP contribution is -2.31. The van der Waals surface area contributed by atoms with Crippen LogP contribution in [-0.2, 0) is 0 Å². The Morgan fingerprint density at radius 1 is 1.28 bits per heavy atom. The molecule has 1 unspecified atom stereocenters. The van der Waals surface area contributed by atoms with Gasteiger partial charge in [-0.15, -0.1) is 11.3 Å². The number of aromatic nitrogens is 1. The van der Waals surface area contributed by atoms with Gasteiger partial charge in [-0.1, -0.05) is 13.8 Å². The molecule has 104 valence electrons. The van der Waals surface area contributed by atoms with E-state index in [1.807, 2.05) is 0 Å². The lowest BCUT2D eigenvalue weighted by atomic mass is 10.2. The fourth-order valence-electron chi connectivity index (χ4n) is 1.89. The monoisotopic (exact) mass is 269 g/mol. The normalized spacial score (nSPS) is 13.0. The highest BCUT2D eigenvalue weighted by atomic mass is 32.1. The smallest absolute Gasteiger partial charge is 0.185 e. The highest BCUT2D eigenvalue weighted by molar-refractivity contribution is 7.13. The number of nitrogens with one attached hydrogen (secondary N) is 1. The summed E-state index contributed by atoms with van der Waals surface area (Å²) in [7, 11) is 0. The minimum absolute atomic E-state index is 0.352. The Balaban J connectivity index is 2.71. The van der Waals surface area contributed by atoms with E-state index < -0.39 is 0 Å². The van der Waals surface area contributed by atoms with Gasteiger partial charge in [-0.05, 0) is 40.2 Å². The Morgan fingerprint density at radius 2 is 2.00 bits per heavy atom. The molecule has 1 aromatic rings. The van der Waals surface area contributed by atoms with Crippen LogP contribution in [-0.4, -0.2) is 24.1 Å². The van der Waals surface area contributed by atoms with Gasteiger partial charge in [-0.3, -0.25) is 0 Å². The average molecular weight is 269 g/mol. The molecule has 1 N–H and O–H groups in total. The Kier molecular flexibility index (Phi) is 6.65. The van der Waals surface area contributed by atoms with E-state index in [4.69, 9.17) is 4.98 Å². The summed E-state index contributed by atoms with van der Waals surface area (Å²) in [5, 5.41) is 6.84. The predicted molar refractivity (Wildman–Crippen MR) is 81.6 cm³/mol. The molecule has 4 heteroatoms. The standard InChI is InChI=1S/C14H27N3S/c1-6-8-15-12(5)13-10-18-14(16-13)17(9-7-2)11(3)4/h10-12,15H,6-9H2,1-5H3. The molecule has 1 rings (SSSR count). The molecule has 0 radical (unpaired) electrons. The highest BCUT2D eigenvalue weighted by Crippen LogP contribution is 2.25. The molecular weight excluding hydrogens is 242 g/mol. The molecule has 0 spiro atoms. The van der Waals surface area contributed by atoms with Crippen molar-refractivity contribution in [2.24, 2.45) is 0 Å². The first-order valence-corrected chi connectivity index (χ1v) is 7.93. The van der Waals surface area contributed by atoms with Crippen molar-refractivity contribution in [3.05, 3.63) is 11.1 Å². The zero-order valence-corrected chi connectivity index (χ0v) is 13.2. The first-order valence-electron chi connectivity index (χ1n) is 7.05. The molecule has 0 saturated carbocycles. The van der Waals surface area contributed by atoms with E-state index in [1.54, 1.807) is 11.3 Å². The molecule has 0 aliphatic carbocycles. The summed E-state index contributed by atoms with van der Waals surface area (Å²) in [6.45, 7) is 13.2. The van der Waals surface area contributed by atoms with E-state index in [0.717, 1.165) is 31.1 Å². The van der Waals surface area contributed by atoms with Gasteiger partial charge in [0.25, 0.3) is 0 Å². The molecule has 1 heterocycles. The maximum atomic E-state index is 4.79. The van der Waals surface area contributed by atoms with Gasteiger partial charge in [0.15, 0.2) is 5.13 Å². The van der Waals surface area contributed by atoms with Crippen LogP contribution in [0.5, 0.6) is 0 Å². The summed E-state index contributed by atoms with van der Waals surface area (Å²) in [6, 6.07) is 0.869. The molecule has 18 heavy (non-hydrogen) atoms. The topological polar surface area (TPSA) is 28.2 Å². The Morgan fingerprint density at radius 3 is 2.56 bits per heavy atom. The second kappa shape index (κ2) is 7.74. The summed E-state index contributed by atoms with van der Waals surface area (Å²) in [5.41, 5.74) is 1.17. The molecule has 0 saturated heterocycles. The van der Waals surface area contributed by atoms with Crippen LogP contribution in [0.1, 0.15) is 59.2 Å². The first kappa shape index (κ1) is 15.4. The van der Waals surface area contributed by atoms with E-state index >= 15 is 0 Å². The SMILES string of the molecule is CCCNC(C)c1csc(N(CCC)C(C)C)n1. The lowest BCUT2D eigenvalue weighted by molar-refractivity contribution is 0.559. The minimum atomic E-state index is 0.352. The van der Waals surface area contributed by atoms with Crippen molar-refractivity contribution in [3.63, 3.8) is 0 Å². The van der Waals surface area contributed by atoms with Crippen LogP contribution < -0.4 is 10.2 Å². The quantitative estimate of drug-likeness (QED) is 0.777. The van der Waals surface area contributed by atoms with Gasteiger partial charge in [-0.2, -0.15) is 0 Å². The zero-order valence-electron chi connectivity index (χ0n) is 12.4. The van der Waals surface area contributed by atoms with Gasteiger partial charge >= 0.3 is 0 Å². The number of nitrogens with zero attached hydrogens (tertiary/aromatic N) is 2. The predicted octanol–water partition coefficient (Wildman–Crippen LogP) is 3.83. The Hall–Kier alpha value is -0.610. The van der Waals surface area contributed by atoms with Crippen LogP contribution in [0.25, 0.3) is 0 Å². The van der Waals surface area contributed by atoms with E-state index in [1.165, 1.54) is 5.69 Å². The van der Waals surface area contributed by atoms with Crippen LogP contribution in [0.15, 0.2) is 5.38 Å². The van der Waals surface area contributed by atoms with Crippen LogP contribution in [0, 0.1) is 0 Å². The van der Waals surface area contributed by atoms with Crippen LogP contribution in [0.3, 0.4) is 0 Å². The molecule has 0 amide bonds. The van der Waals surface area contributed by atoms with Crippen molar-refractivity contribution >= 4 is 16.5 Å². The summed E-state index contributed by atoms with van der Waals surface area (Å²) in [5.74, 6) is 0. The van der Waals surface area contributed by atoms with Crippen LogP contribution in [0.2, 0.25) is 0 Å². The molecule has 3 nitrogen and oxygen atoms in total. The van der Waals surface area contributed by atoms with Gasteiger partial charge in [0, 0.05) is 24.0 Å². The van der Waals surface area contributed by atoms with Crippen molar-refractivity contribution in [1.82, 2.24) is 10.3 Å². The van der Waals surface area contributed by atoms with Crippen LogP contribution >= 0.6 is 11.3 Å². The minimum Gasteiger partial charge on any atom is -0.346 e. The summed E-state index contributed by atoms with van der Waals surface area (Å²) in [6.07, 6.45) is 2.33. The van der Waals surface area contributed by atoms with Crippen molar-refractivity contribution in [2.75, 3.05) is 18.0 Å². The molecule has 1 aromatic heterocycles. The number of anilines is 1. The van der Waals surface area contributed by atoms with Gasteiger partial charge in [-0.25, -0.2) is 4.98 Å². The number of rotatable bonds is 8. The summed E-state index contributed by atoms with van der Waals surface area (Å²) >= 11 is 1.76. The molecular formula is C14H27N3S. The fraction of sp³-hybridized carbons (Fsp3) is 0.786. The summed E-state index contributed by atoms with van der Waals surface area (Å²) < 4.78 is 0. The first-order chi connectivity index (χ1) is 8.60. The van der Waals surface area contributed by atoms with Gasteiger partial charge in [0.1, 0.15) is 0 Å². The Labute approximate surface area is 116 Å². The third kappa shape index (κ3) is 4.25. The maximum absolute atomic E-state index is 4.79. The molecule has 0 bridgehead atoms. The molecule has 0 aliphatic rings. The largest absolute Gasteiger partial charge is 0.346 e. The number of thiazole rings is 1. The lowest BCUT2D eigenvalue weighted by Gasteiger charge is -2.25. The van der Waals surface area contributed by atoms with Crippen molar-refractivity contribution < 1.29 is 0 Å². The molecule has 0 aliphatic heterocycles. The Bertz CT molecular complexity index is 336. The van der Waals surface area contributed by atoms with Crippen molar-refractivity contribution in [2.45, 2.75) is 59.5 Å². The summed E-state index contributed by atoms with van der Waals surface area (Å²) in [4.78, 5) is 7.17. The van der Waals surface area contributed by atoms with Crippen molar-refractivity contribution in [1.29, 1.82) is 0 Å². The van der Waals surface area contributed by atoms with E-state index in [9.17, 15) is 0 Å². The van der Waals surface area contributed by atoms with Gasteiger partial charge < -0.3 is 10.2 Å². The molecule has 0 fully saturated rings. The molecule has 1 atom stereocenters. The van der Waals surface area contributed by atoms with E-state index in [0.29, 0.717) is 12.1 Å². The van der Waals surface area contributed by atoms with Crippen LogP contribution in [0.4, 0.5) is 5.13 Å². The highest BCUT2D eigenvalue weighted by Gasteiger charge is 2.15. The average Bonchev–Trinajstić information content (AvgIpc) is 2.81. The zero-order chi connectivity index (χ0) is 13.5. The number of hydrogen-bond acceptors (Lipinski definition) is 4. The second-order valence-corrected chi connectivity index (χ2v) is 5.85.